The summed E-state index contributed by atoms with van der Waals surface area (Å²) in [6.07, 6.45) is 2.44. The molecule has 2 aromatic rings. The fraction of sp³-hybridized carbons (Fsp3) is 0.593. The van der Waals surface area contributed by atoms with Gasteiger partial charge < -0.3 is 24.5 Å². The lowest BCUT2D eigenvalue weighted by Crippen LogP contribution is -2.45. The molecule has 1 unspecified atom stereocenters. The number of aryl methyl sites for hydroxylation is 1. The lowest BCUT2D eigenvalue weighted by atomic mass is 9.75. The van der Waals surface area contributed by atoms with E-state index in [1.807, 2.05) is 26.0 Å². The molecule has 1 amide bonds. The summed E-state index contributed by atoms with van der Waals surface area (Å²) >= 11 is 0. The molecular formula is C27H36N2O6. The molecule has 0 saturated heterocycles. The number of aliphatic hydroxyl groups excluding tert-OH is 1. The largest absolute Gasteiger partial charge is 0.466 e. The molecule has 1 aliphatic heterocycles. The van der Waals surface area contributed by atoms with Crippen molar-refractivity contribution in [3.63, 3.8) is 0 Å². The normalized spacial score (nSPS) is 19.0. The van der Waals surface area contributed by atoms with Gasteiger partial charge in [-0.25, -0.2) is 0 Å². The van der Waals surface area contributed by atoms with Crippen LogP contribution in [0.5, 0.6) is 0 Å². The van der Waals surface area contributed by atoms with E-state index in [4.69, 9.17) is 9.47 Å². The van der Waals surface area contributed by atoms with Gasteiger partial charge in [0.25, 0.3) is 0 Å². The molecule has 1 aliphatic carbocycles. The van der Waals surface area contributed by atoms with Crippen molar-refractivity contribution >= 4 is 34.4 Å². The third-order valence-corrected chi connectivity index (χ3v) is 7.05. The summed E-state index contributed by atoms with van der Waals surface area (Å²) in [6, 6.07) is 3.89. The summed E-state index contributed by atoms with van der Waals surface area (Å²) in [5, 5.41) is 11.7. The minimum absolute atomic E-state index is 0.175. The van der Waals surface area contributed by atoms with Gasteiger partial charge in [0.1, 0.15) is 0 Å². The van der Waals surface area contributed by atoms with Gasteiger partial charge in [-0.1, -0.05) is 20.3 Å². The predicted octanol–water partition coefficient (Wildman–Crippen LogP) is 4.07. The van der Waals surface area contributed by atoms with Gasteiger partial charge in [0.2, 0.25) is 5.91 Å². The molecule has 0 fully saturated rings. The van der Waals surface area contributed by atoms with Crippen molar-refractivity contribution in [1.82, 2.24) is 4.98 Å². The number of nitrogens with zero attached hydrogens (tertiary/aromatic N) is 1. The molecule has 4 rings (SSSR count). The number of esters is 2. The molecule has 1 aromatic heterocycles. The Morgan fingerprint density at radius 2 is 1.80 bits per heavy atom. The second-order valence-corrected chi connectivity index (χ2v) is 10.0. The zero-order valence-corrected chi connectivity index (χ0v) is 21.1. The lowest BCUT2D eigenvalue weighted by Gasteiger charge is -2.27. The van der Waals surface area contributed by atoms with Crippen LogP contribution < -0.4 is 4.90 Å². The Bertz CT molecular complexity index is 1110. The van der Waals surface area contributed by atoms with Gasteiger partial charge in [-0.2, -0.15) is 0 Å². The first-order valence-corrected chi connectivity index (χ1v) is 12.7. The number of fused-ring (bicyclic) bond motifs is 4. The Labute approximate surface area is 206 Å². The second-order valence-electron chi connectivity index (χ2n) is 10.0. The van der Waals surface area contributed by atoms with Crippen molar-refractivity contribution in [3.8, 4) is 0 Å². The van der Waals surface area contributed by atoms with Gasteiger partial charge in [-0.3, -0.25) is 14.4 Å². The van der Waals surface area contributed by atoms with Crippen molar-refractivity contribution in [2.24, 2.45) is 5.92 Å². The first-order valence-electron chi connectivity index (χ1n) is 12.7. The first-order chi connectivity index (χ1) is 16.7. The molecule has 0 bridgehead atoms. The number of H-pyrrole nitrogens is 1. The average Bonchev–Trinajstić information content (AvgIpc) is 3.16. The van der Waals surface area contributed by atoms with Crippen LogP contribution in [-0.2, 0) is 35.7 Å². The number of ether oxygens (including phenoxy) is 2. The van der Waals surface area contributed by atoms with Gasteiger partial charge >= 0.3 is 11.9 Å². The number of benzene rings is 1. The summed E-state index contributed by atoms with van der Waals surface area (Å²) in [4.78, 5) is 44.6. The molecule has 190 valence electrons. The molecule has 35 heavy (non-hydrogen) atoms. The number of anilines is 1. The highest BCUT2D eigenvalue weighted by atomic mass is 16.5. The average molecular weight is 485 g/mol. The number of amides is 1. The summed E-state index contributed by atoms with van der Waals surface area (Å²) in [5.74, 6) is -1.16. The molecule has 8 heteroatoms. The van der Waals surface area contributed by atoms with Crippen LogP contribution in [0, 0.1) is 5.92 Å². The van der Waals surface area contributed by atoms with Gasteiger partial charge in [0.05, 0.1) is 37.6 Å². The number of carbonyl (C=O) groups is 3. The van der Waals surface area contributed by atoms with Gasteiger partial charge in [0.15, 0.2) is 0 Å². The number of carbonyl (C=O) groups excluding carboxylic acids is 3. The third kappa shape index (κ3) is 4.56. The number of hydrogen-bond donors (Lipinski definition) is 2. The van der Waals surface area contributed by atoms with Gasteiger partial charge in [-0.15, -0.1) is 0 Å². The highest BCUT2D eigenvalue weighted by Crippen LogP contribution is 2.49. The number of aromatic amines is 1. The Balaban J connectivity index is 1.93. The number of rotatable bonds is 8. The van der Waals surface area contributed by atoms with E-state index < -0.39 is 23.5 Å². The minimum Gasteiger partial charge on any atom is -0.466 e. The molecule has 2 aliphatic rings. The Hall–Kier alpha value is -2.87. The van der Waals surface area contributed by atoms with Crippen molar-refractivity contribution in [1.29, 1.82) is 0 Å². The second kappa shape index (κ2) is 10.0. The van der Waals surface area contributed by atoms with E-state index in [-0.39, 0.29) is 37.9 Å². The highest BCUT2D eigenvalue weighted by molar-refractivity contribution is 6.13. The summed E-state index contributed by atoms with van der Waals surface area (Å²) in [6.45, 7) is 8.32. The van der Waals surface area contributed by atoms with Crippen LogP contribution in [-0.4, -0.2) is 47.7 Å². The first kappa shape index (κ1) is 25.2. The van der Waals surface area contributed by atoms with Crippen LogP contribution in [0.2, 0.25) is 0 Å². The van der Waals surface area contributed by atoms with Crippen LogP contribution in [0.4, 0.5) is 5.69 Å². The maximum absolute atomic E-state index is 14.1. The van der Waals surface area contributed by atoms with Crippen molar-refractivity contribution < 1.29 is 29.0 Å². The third-order valence-electron chi connectivity index (χ3n) is 7.05. The van der Waals surface area contributed by atoms with Crippen molar-refractivity contribution in [2.75, 3.05) is 24.7 Å². The van der Waals surface area contributed by atoms with Crippen LogP contribution in [0.25, 0.3) is 10.9 Å². The molecule has 1 atom stereocenters. The maximum Gasteiger partial charge on any atom is 0.307 e. The monoisotopic (exact) mass is 484 g/mol. The summed E-state index contributed by atoms with van der Waals surface area (Å²) in [7, 11) is 0. The highest BCUT2D eigenvalue weighted by Gasteiger charge is 2.54. The number of hydrogen-bond acceptors (Lipinski definition) is 6. The van der Waals surface area contributed by atoms with E-state index >= 15 is 0 Å². The molecule has 2 N–H and O–H groups in total. The molecule has 0 saturated carbocycles. The lowest BCUT2D eigenvalue weighted by molar-refractivity contribution is -0.151. The number of aromatic nitrogens is 1. The van der Waals surface area contributed by atoms with E-state index in [2.05, 4.69) is 4.98 Å². The molecule has 0 spiro atoms. The van der Waals surface area contributed by atoms with E-state index in [9.17, 15) is 19.5 Å². The van der Waals surface area contributed by atoms with Crippen molar-refractivity contribution in [2.45, 2.75) is 77.7 Å². The summed E-state index contributed by atoms with van der Waals surface area (Å²) < 4.78 is 10.5. The van der Waals surface area contributed by atoms with Gasteiger partial charge in [0, 0.05) is 28.8 Å². The minimum atomic E-state index is -1.40. The van der Waals surface area contributed by atoms with E-state index in [1.54, 1.807) is 18.7 Å². The van der Waals surface area contributed by atoms with Crippen LogP contribution in [0.3, 0.4) is 0 Å². The molecule has 0 radical (unpaired) electrons. The molecular weight excluding hydrogens is 448 g/mol. The number of aliphatic hydroxyl groups is 1. The number of nitrogens with one attached hydrogen (secondary N) is 1. The van der Waals surface area contributed by atoms with Crippen LogP contribution >= 0.6 is 0 Å². The molecule has 1 aromatic carbocycles. The fourth-order valence-electron chi connectivity index (χ4n) is 5.60. The van der Waals surface area contributed by atoms with E-state index in [0.29, 0.717) is 24.2 Å². The van der Waals surface area contributed by atoms with E-state index in [1.165, 1.54) is 0 Å². The maximum atomic E-state index is 14.1. The Morgan fingerprint density at radius 3 is 2.40 bits per heavy atom. The predicted molar refractivity (Wildman–Crippen MR) is 132 cm³/mol. The van der Waals surface area contributed by atoms with Crippen molar-refractivity contribution in [3.05, 3.63) is 29.0 Å². The van der Waals surface area contributed by atoms with Gasteiger partial charge in [-0.05, 0) is 62.3 Å². The zero-order chi connectivity index (χ0) is 25.3. The molecule has 2 heterocycles. The smallest absolute Gasteiger partial charge is 0.307 e. The SMILES string of the molecule is CCOC(=O)CC1(CC(=O)OCC)C(=O)N(CC(C)C)c2cc3c4c([nH]c3cc21)C(O)CCCC4. The Kier molecular flexibility index (Phi) is 7.22. The molecule has 8 nitrogen and oxygen atoms in total. The van der Waals surface area contributed by atoms with Crippen LogP contribution in [0.1, 0.15) is 82.7 Å². The fourth-order valence-corrected chi connectivity index (χ4v) is 5.60. The summed E-state index contributed by atoms with van der Waals surface area (Å²) in [5.41, 5.74) is 2.64. The van der Waals surface area contributed by atoms with Crippen LogP contribution in [0.15, 0.2) is 12.1 Å². The zero-order valence-electron chi connectivity index (χ0n) is 21.1. The topological polar surface area (TPSA) is 109 Å². The Morgan fingerprint density at radius 1 is 1.14 bits per heavy atom. The standard InChI is InChI=1S/C27H36N2O6/c1-5-34-23(31)13-27(14-24(32)35-6-2)19-12-20-18(11-21(19)29(26(27)33)15-16(3)4)17-9-7-8-10-22(30)25(17)28-20/h11-12,16,22,28,30H,5-10,13-15H2,1-4H3. The quantitative estimate of drug-likeness (QED) is 0.432. The van der Waals surface area contributed by atoms with E-state index in [0.717, 1.165) is 41.4 Å².